The third-order valence-electron chi connectivity index (χ3n) is 2.86. The zero-order valence-electron chi connectivity index (χ0n) is 9.19. The Morgan fingerprint density at radius 3 is 2.67 bits per heavy atom. The lowest BCUT2D eigenvalue weighted by Crippen LogP contribution is -2.10. The Labute approximate surface area is 130 Å². The molecule has 0 aliphatic carbocycles. The molecule has 2 heterocycles. The highest BCUT2D eigenvalue weighted by molar-refractivity contribution is 9.11. The van der Waals surface area contributed by atoms with Crippen molar-refractivity contribution >= 4 is 64.6 Å². The molecule has 1 unspecified atom stereocenters. The maximum atomic E-state index is 6.37. The van der Waals surface area contributed by atoms with Crippen LogP contribution in [0.5, 0.6) is 0 Å². The van der Waals surface area contributed by atoms with Gasteiger partial charge in [-0.1, -0.05) is 12.1 Å². The van der Waals surface area contributed by atoms with Gasteiger partial charge in [0.2, 0.25) is 0 Å². The summed E-state index contributed by atoms with van der Waals surface area (Å²) in [6.45, 7) is 0. The van der Waals surface area contributed by atoms with Crippen molar-refractivity contribution in [3.63, 3.8) is 0 Å². The van der Waals surface area contributed by atoms with Crippen molar-refractivity contribution in [1.29, 1.82) is 0 Å². The standard InChI is InChI=1S/C13H9Br2NS2/c14-10-3-1-2-8-9(6-18-13(8)10)12(16)7-4-11(15)17-5-7/h1-6,12H,16H2. The Morgan fingerprint density at radius 2 is 1.94 bits per heavy atom. The second-order valence-electron chi connectivity index (χ2n) is 3.97. The summed E-state index contributed by atoms with van der Waals surface area (Å²) in [5.41, 5.74) is 8.72. The van der Waals surface area contributed by atoms with Gasteiger partial charge >= 0.3 is 0 Å². The summed E-state index contributed by atoms with van der Waals surface area (Å²) in [7, 11) is 0. The van der Waals surface area contributed by atoms with Gasteiger partial charge in [-0.3, -0.25) is 0 Å². The molecule has 2 aromatic heterocycles. The molecule has 92 valence electrons. The highest BCUT2D eigenvalue weighted by Gasteiger charge is 2.16. The Bertz CT molecular complexity index is 702. The minimum Gasteiger partial charge on any atom is -0.320 e. The Balaban J connectivity index is 2.12. The van der Waals surface area contributed by atoms with Crippen molar-refractivity contribution in [2.45, 2.75) is 6.04 Å². The zero-order valence-corrected chi connectivity index (χ0v) is 14.0. The number of fused-ring (bicyclic) bond motifs is 1. The predicted molar refractivity (Wildman–Crippen MR) is 87.6 cm³/mol. The first-order valence-electron chi connectivity index (χ1n) is 5.32. The van der Waals surface area contributed by atoms with Gasteiger partial charge < -0.3 is 5.73 Å². The molecule has 0 amide bonds. The van der Waals surface area contributed by atoms with E-state index in [1.54, 1.807) is 22.7 Å². The smallest absolute Gasteiger partial charge is 0.0701 e. The van der Waals surface area contributed by atoms with Crippen LogP contribution < -0.4 is 5.73 Å². The van der Waals surface area contributed by atoms with Crippen LogP contribution in [-0.4, -0.2) is 0 Å². The van der Waals surface area contributed by atoms with Crippen molar-refractivity contribution < 1.29 is 0 Å². The van der Waals surface area contributed by atoms with Crippen molar-refractivity contribution in [3.8, 4) is 0 Å². The van der Waals surface area contributed by atoms with Crippen LogP contribution in [0.15, 0.2) is 43.3 Å². The van der Waals surface area contributed by atoms with Gasteiger partial charge in [0, 0.05) is 9.17 Å². The summed E-state index contributed by atoms with van der Waals surface area (Å²) in [4.78, 5) is 0. The molecule has 0 spiro atoms. The lowest BCUT2D eigenvalue weighted by molar-refractivity contribution is 0.890. The van der Waals surface area contributed by atoms with Crippen molar-refractivity contribution in [1.82, 2.24) is 0 Å². The van der Waals surface area contributed by atoms with Crippen LogP contribution in [0, 0.1) is 0 Å². The van der Waals surface area contributed by atoms with Gasteiger partial charge in [-0.25, -0.2) is 0 Å². The lowest BCUT2D eigenvalue weighted by atomic mass is 10.0. The SMILES string of the molecule is NC(c1csc(Br)c1)c1csc2c(Br)cccc12. The first-order chi connectivity index (χ1) is 8.66. The molecule has 0 saturated heterocycles. The topological polar surface area (TPSA) is 26.0 Å². The molecule has 0 bridgehead atoms. The molecule has 0 aliphatic heterocycles. The molecule has 1 aromatic carbocycles. The predicted octanol–water partition coefficient (Wildman–Crippen LogP) is 5.54. The number of rotatable bonds is 2. The normalized spacial score (nSPS) is 13.1. The summed E-state index contributed by atoms with van der Waals surface area (Å²) in [5, 5.41) is 5.51. The third-order valence-corrected chi connectivity index (χ3v) is 6.36. The van der Waals surface area contributed by atoms with Gasteiger partial charge in [-0.2, -0.15) is 0 Å². The molecule has 0 saturated carbocycles. The molecule has 3 rings (SSSR count). The van der Waals surface area contributed by atoms with Crippen LogP contribution in [0.25, 0.3) is 10.1 Å². The second-order valence-corrected chi connectivity index (χ2v) is 7.99. The maximum absolute atomic E-state index is 6.37. The molecule has 5 heteroatoms. The summed E-state index contributed by atoms with van der Waals surface area (Å²) in [6, 6.07) is 8.29. The summed E-state index contributed by atoms with van der Waals surface area (Å²) in [5.74, 6) is 0. The molecule has 3 aromatic rings. The highest BCUT2D eigenvalue weighted by atomic mass is 79.9. The van der Waals surface area contributed by atoms with Gasteiger partial charge in [-0.15, -0.1) is 22.7 Å². The van der Waals surface area contributed by atoms with E-state index in [4.69, 9.17) is 5.73 Å². The van der Waals surface area contributed by atoms with Crippen molar-refractivity contribution in [2.24, 2.45) is 5.73 Å². The van der Waals surface area contributed by atoms with Crippen LogP contribution in [-0.2, 0) is 0 Å². The average molecular weight is 403 g/mol. The molecule has 2 N–H and O–H groups in total. The third kappa shape index (κ3) is 2.18. The molecule has 1 atom stereocenters. The number of nitrogens with two attached hydrogens (primary N) is 1. The van der Waals surface area contributed by atoms with E-state index >= 15 is 0 Å². The number of hydrogen-bond acceptors (Lipinski definition) is 3. The first kappa shape index (κ1) is 12.8. The fourth-order valence-electron chi connectivity index (χ4n) is 1.95. The van der Waals surface area contributed by atoms with Gasteiger partial charge in [0.05, 0.1) is 9.83 Å². The highest BCUT2D eigenvalue weighted by Crippen LogP contribution is 2.37. The largest absolute Gasteiger partial charge is 0.320 e. The van der Waals surface area contributed by atoms with Crippen molar-refractivity contribution in [3.05, 3.63) is 54.4 Å². The van der Waals surface area contributed by atoms with E-state index in [0.29, 0.717) is 0 Å². The Kier molecular flexibility index (Phi) is 3.60. The van der Waals surface area contributed by atoms with E-state index in [9.17, 15) is 0 Å². The average Bonchev–Trinajstić information content (AvgIpc) is 2.95. The molecular weight excluding hydrogens is 394 g/mol. The monoisotopic (exact) mass is 401 g/mol. The summed E-state index contributed by atoms with van der Waals surface area (Å²) >= 11 is 10.5. The van der Waals surface area contributed by atoms with Crippen LogP contribution in [0.2, 0.25) is 0 Å². The maximum Gasteiger partial charge on any atom is 0.0701 e. The van der Waals surface area contributed by atoms with E-state index < -0.39 is 0 Å². The van der Waals surface area contributed by atoms with E-state index in [2.05, 4.69) is 66.9 Å². The second kappa shape index (κ2) is 5.06. The van der Waals surface area contributed by atoms with Gasteiger partial charge in [-0.05, 0) is 71.3 Å². The Hall–Kier alpha value is -0.200. The quantitative estimate of drug-likeness (QED) is 0.598. The van der Waals surface area contributed by atoms with E-state index in [1.807, 2.05) is 0 Å². The number of halogens is 2. The fraction of sp³-hybridized carbons (Fsp3) is 0.0769. The molecule has 0 radical (unpaired) electrons. The Morgan fingerprint density at radius 1 is 1.11 bits per heavy atom. The van der Waals surface area contributed by atoms with E-state index in [1.165, 1.54) is 15.6 Å². The molecular formula is C13H9Br2NS2. The van der Waals surface area contributed by atoms with Crippen LogP contribution in [0.3, 0.4) is 0 Å². The van der Waals surface area contributed by atoms with Gasteiger partial charge in [0.15, 0.2) is 0 Å². The lowest BCUT2D eigenvalue weighted by Gasteiger charge is -2.09. The molecule has 18 heavy (non-hydrogen) atoms. The number of thiophene rings is 2. The van der Waals surface area contributed by atoms with Crippen LogP contribution in [0.4, 0.5) is 0 Å². The minimum atomic E-state index is -0.0596. The van der Waals surface area contributed by atoms with Crippen LogP contribution >= 0.6 is 54.5 Å². The summed E-state index contributed by atoms with van der Waals surface area (Å²) in [6.07, 6.45) is 0. The van der Waals surface area contributed by atoms with Crippen molar-refractivity contribution in [2.75, 3.05) is 0 Å². The van der Waals surface area contributed by atoms with Crippen LogP contribution in [0.1, 0.15) is 17.2 Å². The van der Waals surface area contributed by atoms with Gasteiger partial charge in [0.25, 0.3) is 0 Å². The number of hydrogen-bond donors (Lipinski definition) is 1. The fourth-order valence-corrected chi connectivity index (χ4v) is 4.82. The van der Waals surface area contributed by atoms with Gasteiger partial charge in [0.1, 0.15) is 0 Å². The zero-order chi connectivity index (χ0) is 12.7. The first-order valence-corrected chi connectivity index (χ1v) is 8.66. The molecule has 1 nitrogen and oxygen atoms in total. The van der Waals surface area contributed by atoms with E-state index in [-0.39, 0.29) is 6.04 Å². The molecule has 0 aliphatic rings. The summed E-state index contributed by atoms with van der Waals surface area (Å²) < 4.78 is 3.51. The number of benzene rings is 1. The van der Waals surface area contributed by atoms with E-state index in [0.717, 1.165) is 13.8 Å². The molecule has 0 fully saturated rings. The minimum absolute atomic E-state index is 0.0596.